The first-order valence-corrected chi connectivity index (χ1v) is 3.46. The summed E-state index contributed by atoms with van der Waals surface area (Å²) >= 11 is 5.54. The average molecular weight is 169 g/mol. The number of nitrogens with zero attached hydrogens (tertiary/aromatic N) is 4. The second-order valence-electron chi connectivity index (χ2n) is 1.83. The third-order valence-electron chi connectivity index (χ3n) is 1.17. The number of rotatable bonds is 2. The minimum Gasteiger partial charge on any atom is -0.264 e. The summed E-state index contributed by atoms with van der Waals surface area (Å²) in [5.41, 5.74) is 9.42. The van der Waals surface area contributed by atoms with E-state index in [-0.39, 0.29) is 0 Å². The normalized spacial score (nSPS) is 8.82. The molecule has 56 valence electrons. The Kier molecular flexibility index (Phi) is 2.72. The average Bonchev–Trinajstić information content (AvgIpc) is 2.06. The standard InChI is InChI=1S/C6H5ClN4/c7-3-5-4-9-2-1-6(5)10-11-8/h1-2,4H,3H2. The van der Waals surface area contributed by atoms with Crippen molar-refractivity contribution in [1.82, 2.24) is 4.98 Å². The second kappa shape index (κ2) is 3.81. The number of hydrogen-bond donors (Lipinski definition) is 0. The number of azide groups is 1. The van der Waals surface area contributed by atoms with Crippen LogP contribution in [0.1, 0.15) is 5.56 Å². The van der Waals surface area contributed by atoms with Crippen molar-refractivity contribution in [3.63, 3.8) is 0 Å². The molecule has 0 N–H and O–H groups in total. The molecule has 4 nitrogen and oxygen atoms in total. The van der Waals surface area contributed by atoms with Crippen LogP contribution in [0.5, 0.6) is 0 Å². The molecule has 0 unspecified atom stereocenters. The summed E-state index contributed by atoms with van der Waals surface area (Å²) in [7, 11) is 0. The van der Waals surface area contributed by atoms with E-state index < -0.39 is 0 Å². The van der Waals surface area contributed by atoms with Gasteiger partial charge in [-0.05, 0) is 17.2 Å². The summed E-state index contributed by atoms with van der Waals surface area (Å²) in [6.07, 6.45) is 3.14. The van der Waals surface area contributed by atoms with E-state index in [4.69, 9.17) is 17.1 Å². The fourth-order valence-corrected chi connectivity index (χ4v) is 0.874. The Labute approximate surface area is 68.5 Å². The van der Waals surface area contributed by atoms with Crippen LogP contribution in [0.4, 0.5) is 5.69 Å². The van der Waals surface area contributed by atoms with Crippen molar-refractivity contribution < 1.29 is 0 Å². The highest BCUT2D eigenvalue weighted by atomic mass is 35.5. The third-order valence-corrected chi connectivity index (χ3v) is 1.46. The van der Waals surface area contributed by atoms with Gasteiger partial charge in [0.15, 0.2) is 0 Å². The highest BCUT2D eigenvalue weighted by Crippen LogP contribution is 2.18. The molecule has 0 aliphatic carbocycles. The number of halogens is 1. The molecule has 1 aromatic rings. The summed E-state index contributed by atoms with van der Waals surface area (Å²) in [5.74, 6) is 0.308. The van der Waals surface area contributed by atoms with Crippen LogP contribution < -0.4 is 0 Å². The molecule has 0 aliphatic rings. The molecule has 0 bridgehead atoms. The highest BCUT2D eigenvalue weighted by molar-refractivity contribution is 6.17. The summed E-state index contributed by atoms with van der Waals surface area (Å²) in [5, 5.41) is 3.43. The lowest BCUT2D eigenvalue weighted by Crippen LogP contribution is -1.79. The smallest absolute Gasteiger partial charge is 0.0493 e. The topological polar surface area (TPSA) is 61.7 Å². The lowest BCUT2D eigenvalue weighted by Gasteiger charge is -1.96. The molecular weight excluding hydrogens is 164 g/mol. The van der Waals surface area contributed by atoms with Gasteiger partial charge < -0.3 is 0 Å². The van der Waals surface area contributed by atoms with E-state index in [0.29, 0.717) is 11.6 Å². The van der Waals surface area contributed by atoms with Crippen molar-refractivity contribution in [3.05, 3.63) is 34.5 Å². The van der Waals surface area contributed by atoms with Crippen molar-refractivity contribution in [2.45, 2.75) is 5.88 Å². The van der Waals surface area contributed by atoms with Crippen molar-refractivity contribution >= 4 is 17.3 Å². The van der Waals surface area contributed by atoms with Gasteiger partial charge in [-0.15, -0.1) is 11.6 Å². The molecule has 1 aromatic heterocycles. The van der Waals surface area contributed by atoms with Crippen LogP contribution in [0, 0.1) is 0 Å². The molecule has 1 rings (SSSR count). The van der Waals surface area contributed by atoms with Gasteiger partial charge in [-0.25, -0.2) is 0 Å². The first-order valence-electron chi connectivity index (χ1n) is 2.92. The predicted molar refractivity (Wildman–Crippen MR) is 42.6 cm³/mol. The molecule has 0 saturated carbocycles. The fourth-order valence-electron chi connectivity index (χ4n) is 0.669. The van der Waals surface area contributed by atoms with Crippen molar-refractivity contribution in [2.24, 2.45) is 5.11 Å². The van der Waals surface area contributed by atoms with Crippen LogP contribution in [-0.4, -0.2) is 4.98 Å². The number of aromatic nitrogens is 1. The minimum atomic E-state index is 0.308. The third kappa shape index (κ3) is 1.83. The number of pyridine rings is 1. The van der Waals surface area contributed by atoms with Crippen LogP contribution >= 0.6 is 11.6 Å². The first kappa shape index (κ1) is 7.85. The van der Waals surface area contributed by atoms with Crippen LogP contribution in [0.3, 0.4) is 0 Å². The highest BCUT2D eigenvalue weighted by Gasteiger charge is 1.96. The van der Waals surface area contributed by atoms with Crippen molar-refractivity contribution in [3.8, 4) is 0 Å². The van der Waals surface area contributed by atoms with E-state index in [1.165, 1.54) is 0 Å². The lowest BCUT2D eigenvalue weighted by atomic mass is 10.3. The molecule has 0 aromatic carbocycles. The van der Waals surface area contributed by atoms with Crippen LogP contribution in [-0.2, 0) is 5.88 Å². The van der Waals surface area contributed by atoms with E-state index in [1.807, 2.05) is 0 Å². The van der Waals surface area contributed by atoms with Crippen LogP contribution in [0.25, 0.3) is 10.4 Å². The zero-order valence-corrected chi connectivity index (χ0v) is 6.36. The lowest BCUT2D eigenvalue weighted by molar-refractivity contribution is 1.22. The largest absolute Gasteiger partial charge is 0.264 e. The summed E-state index contributed by atoms with van der Waals surface area (Å²) in [6, 6.07) is 1.62. The molecule has 1 heterocycles. The first-order chi connectivity index (χ1) is 5.38. The summed E-state index contributed by atoms with van der Waals surface area (Å²) in [6.45, 7) is 0. The fraction of sp³-hybridized carbons (Fsp3) is 0.167. The Morgan fingerprint density at radius 3 is 3.18 bits per heavy atom. The maximum atomic E-state index is 8.13. The van der Waals surface area contributed by atoms with E-state index in [1.54, 1.807) is 18.5 Å². The molecule has 0 atom stereocenters. The van der Waals surface area contributed by atoms with Gasteiger partial charge in [-0.1, -0.05) is 5.11 Å². The second-order valence-corrected chi connectivity index (χ2v) is 2.09. The number of alkyl halides is 1. The van der Waals surface area contributed by atoms with E-state index in [9.17, 15) is 0 Å². The molecule has 5 heteroatoms. The van der Waals surface area contributed by atoms with Gasteiger partial charge >= 0.3 is 0 Å². The van der Waals surface area contributed by atoms with Gasteiger partial charge in [-0.3, -0.25) is 4.98 Å². The minimum absolute atomic E-state index is 0.308. The van der Waals surface area contributed by atoms with Gasteiger partial charge in [0.1, 0.15) is 0 Å². The summed E-state index contributed by atoms with van der Waals surface area (Å²) < 4.78 is 0. The monoisotopic (exact) mass is 168 g/mol. The van der Waals surface area contributed by atoms with E-state index >= 15 is 0 Å². The zero-order chi connectivity index (χ0) is 8.10. The Balaban J connectivity index is 3.11. The quantitative estimate of drug-likeness (QED) is 0.290. The van der Waals surface area contributed by atoms with E-state index in [0.717, 1.165) is 5.56 Å². The number of hydrogen-bond acceptors (Lipinski definition) is 2. The molecule has 0 aliphatic heterocycles. The predicted octanol–water partition coefficient (Wildman–Crippen LogP) is 2.76. The SMILES string of the molecule is [N-]=[N+]=Nc1ccncc1CCl. The van der Waals surface area contributed by atoms with Gasteiger partial charge in [0.05, 0.1) is 0 Å². The van der Waals surface area contributed by atoms with Gasteiger partial charge in [-0.2, -0.15) is 0 Å². The van der Waals surface area contributed by atoms with Crippen LogP contribution in [0.15, 0.2) is 23.6 Å². The maximum absolute atomic E-state index is 8.13. The van der Waals surface area contributed by atoms with E-state index in [2.05, 4.69) is 15.0 Å². The Morgan fingerprint density at radius 1 is 1.73 bits per heavy atom. The van der Waals surface area contributed by atoms with Gasteiger partial charge in [0, 0.05) is 28.9 Å². The molecule has 0 spiro atoms. The van der Waals surface area contributed by atoms with Crippen molar-refractivity contribution in [2.75, 3.05) is 0 Å². The Morgan fingerprint density at radius 2 is 2.55 bits per heavy atom. The Bertz CT molecular complexity index is 292. The zero-order valence-electron chi connectivity index (χ0n) is 5.61. The molecule has 0 radical (unpaired) electrons. The van der Waals surface area contributed by atoms with Gasteiger partial charge in [0.25, 0.3) is 0 Å². The van der Waals surface area contributed by atoms with Gasteiger partial charge in [0.2, 0.25) is 0 Å². The summed E-state index contributed by atoms with van der Waals surface area (Å²) in [4.78, 5) is 6.48. The van der Waals surface area contributed by atoms with Crippen molar-refractivity contribution in [1.29, 1.82) is 0 Å². The Hall–Kier alpha value is -1.25. The molecular formula is C6H5ClN4. The molecule has 0 fully saturated rings. The maximum Gasteiger partial charge on any atom is 0.0493 e. The molecule has 11 heavy (non-hydrogen) atoms. The van der Waals surface area contributed by atoms with Crippen LogP contribution in [0.2, 0.25) is 0 Å². The molecule has 0 saturated heterocycles. The molecule has 0 amide bonds.